The molecule has 0 N–H and O–H groups in total. The van der Waals surface area contributed by atoms with E-state index in [4.69, 9.17) is 16.3 Å². The minimum atomic E-state index is -0.431. The fourth-order valence-electron chi connectivity index (χ4n) is 6.48. The molecule has 0 spiro atoms. The van der Waals surface area contributed by atoms with Crippen LogP contribution in [0.4, 0.5) is 17.1 Å². The van der Waals surface area contributed by atoms with E-state index in [9.17, 15) is 19.7 Å². The molecule has 2 aromatic rings. The van der Waals surface area contributed by atoms with Crippen molar-refractivity contribution in [2.24, 2.45) is 23.7 Å². The van der Waals surface area contributed by atoms with Gasteiger partial charge in [0.05, 0.1) is 29.6 Å². The second kappa shape index (κ2) is 9.15. The Morgan fingerprint density at radius 1 is 1.00 bits per heavy atom. The van der Waals surface area contributed by atoms with Crippen molar-refractivity contribution in [3.8, 4) is 5.75 Å². The van der Waals surface area contributed by atoms with Crippen molar-refractivity contribution in [1.29, 1.82) is 0 Å². The van der Waals surface area contributed by atoms with Crippen LogP contribution in [0.25, 0.3) is 0 Å². The van der Waals surface area contributed by atoms with E-state index in [2.05, 4.69) is 4.90 Å². The first-order valence-corrected chi connectivity index (χ1v) is 12.9. The van der Waals surface area contributed by atoms with Crippen LogP contribution >= 0.6 is 11.6 Å². The lowest BCUT2D eigenvalue weighted by Crippen LogP contribution is -2.46. The maximum atomic E-state index is 13.2. The Morgan fingerprint density at radius 3 is 2.30 bits per heavy atom. The molecule has 2 aromatic carbocycles. The highest BCUT2D eigenvalue weighted by molar-refractivity contribution is 6.30. The van der Waals surface area contributed by atoms with E-state index in [0.717, 1.165) is 17.7 Å². The van der Waals surface area contributed by atoms with Crippen LogP contribution in [-0.4, -0.2) is 54.9 Å². The largest absolute Gasteiger partial charge is 0.496 e. The summed E-state index contributed by atoms with van der Waals surface area (Å²) in [4.78, 5) is 43.4. The maximum absolute atomic E-state index is 13.2. The monoisotopic (exact) mass is 522 g/mol. The lowest BCUT2D eigenvalue weighted by molar-refractivity contribution is -0.384. The second-order valence-electron chi connectivity index (χ2n) is 10.2. The predicted octanol–water partition coefficient (Wildman–Crippen LogP) is 3.89. The van der Waals surface area contributed by atoms with Crippen LogP contribution in [0.2, 0.25) is 5.02 Å². The molecule has 2 heterocycles. The molecule has 2 saturated heterocycles. The number of piperazine rings is 1. The van der Waals surface area contributed by atoms with Crippen LogP contribution in [0.5, 0.6) is 5.75 Å². The summed E-state index contributed by atoms with van der Waals surface area (Å²) in [5.41, 5.74) is 1.68. The topological polar surface area (TPSA) is 96.2 Å². The van der Waals surface area contributed by atoms with Crippen molar-refractivity contribution >= 4 is 40.5 Å². The van der Waals surface area contributed by atoms with E-state index in [-0.39, 0.29) is 46.9 Å². The van der Waals surface area contributed by atoms with Crippen molar-refractivity contribution in [3.05, 3.63) is 69.3 Å². The van der Waals surface area contributed by atoms with Crippen LogP contribution in [0, 0.1) is 33.8 Å². The van der Waals surface area contributed by atoms with Gasteiger partial charge in [-0.1, -0.05) is 23.8 Å². The summed E-state index contributed by atoms with van der Waals surface area (Å²) in [6.45, 7) is 3.28. The van der Waals surface area contributed by atoms with Gasteiger partial charge in [0.25, 0.3) is 5.69 Å². The van der Waals surface area contributed by atoms with Crippen LogP contribution in [0.3, 0.4) is 0 Å². The smallest absolute Gasteiger partial charge is 0.294 e. The summed E-state index contributed by atoms with van der Waals surface area (Å²) >= 11 is 6.17. The Morgan fingerprint density at radius 2 is 1.68 bits per heavy atom. The minimum absolute atomic E-state index is 0.0916. The van der Waals surface area contributed by atoms with E-state index in [1.807, 2.05) is 29.2 Å². The third kappa shape index (κ3) is 3.97. The third-order valence-corrected chi connectivity index (χ3v) is 8.47. The van der Waals surface area contributed by atoms with Gasteiger partial charge >= 0.3 is 0 Å². The van der Waals surface area contributed by atoms with Gasteiger partial charge in [-0.2, -0.15) is 0 Å². The van der Waals surface area contributed by atoms with Crippen molar-refractivity contribution in [2.45, 2.75) is 13.0 Å². The number of benzene rings is 2. The Bertz CT molecular complexity index is 1290. The number of methoxy groups -OCH3 is 1. The summed E-state index contributed by atoms with van der Waals surface area (Å²) in [6.07, 6.45) is 4.91. The molecule has 192 valence electrons. The molecule has 0 radical (unpaired) electrons. The molecule has 1 saturated carbocycles. The summed E-state index contributed by atoms with van der Waals surface area (Å²) in [5.74, 6) is -0.197. The van der Waals surface area contributed by atoms with Gasteiger partial charge in [0, 0.05) is 49.4 Å². The third-order valence-electron chi connectivity index (χ3n) is 8.23. The zero-order chi connectivity index (χ0) is 25.8. The van der Waals surface area contributed by atoms with E-state index in [1.54, 1.807) is 25.3 Å². The number of hydrogen-bond acceptors (Lipinski definition) is 7. The van der Waals surface area contributed by atoms with E-state index >= 15 is 0 Å². The molecular formula is C27H27ClN4O5. The number of anilines is 2. The molecule has 2 bridgehead atoms. The molecule has 9 nitrogen and oxygen atoms in total. The van der Waals surface area contributed by atoms with Crippen LogP contribution < -0.4 is 14.5 Å². The van der Waals surface area contributed by atoms with Crippen molar-refractivity contribution in [3.63, 3.8) is 0 Å². The van der Waals surface area contributed by atoms with E-state index < -0.39 is 4.92 Å². The van der Waals surface area contributed by atoms with Gasteiger partial charge in [0.1, 0.15) is 11.4 Å². The molecule has 10 heteroatoms. The number of imide groups is 1. The average Bonchev–Trinajstić information content (AvgIpc) is 3.58. The summed E-state index contributed by atoms with van der Waals surface area (Å²) < 4.78 is 5.46. The highest BCUT2D eigenvalue weighted by atomic mass is 35.5. The molecule has 2 aliphatic heterocycles. The minimum Gasteiger partial charge on any atom is -0.496 e. The number of halogens is 1. The number of nitro groups is 1. The van der Waals surface area contributed by atoms with Gasteiger partial charge in [-0.05, 0) is 48.6 Å². The molecule has 3 fully saturated rings. The second-order valence-corrected chi connectivity index (χ2v) is 10.6. The van der Waals surface area contributed by atoms with Crippen LogP contribution in [0.1, 0.15) is 12.0 Å². The van der Waals surface area contributed by atoms with Crippen LogP contribution in [-0.2, 0) is 16.1 Å². The van der Waals surface area contributed by atoms with Crippen LogP contribution in [0.15, 0.2) is 48.6 Å². The molecular weight excluding hydrogens is 496 g/mol. The molecule has 37 heavy (non-hydrogen) atoms. The molecule has 2 amide bonds. The molecule has 4 aliphatic rings. The normalized spacial score (nSPS) is 26.8. The lowest BCUT2D eigenvalue weighted by atomic mass is 9.85. The van der Waals surface area contributed by atoms with Gasteiger partial charge in [-0.15, -0.1) is 0 Å². The van der Waals surface area contributed by atoms with Crippen molar-refractivity contribution < 1.29 is 19.2 Å². The number of amides is 2. The maximum Gasteiger partial charge on any atom is 0.294 e. The SMILES string of the molecule is COc1ccc(Cl)cc1CN1CCN(c2ccc(N3C(=O)[C@H]4[C@H](C3=O)[C@H]3C=C[C@H]4C3)cc2[N+](=O)[O-])CC1. The first-order valence-electron chi connectivity index (χ1n) is 12.5. The molecule has 4 atom stereocenters. The number of carbonyl (C=O) groups is 2. The Labute approximate surface area is 219 Å². The highest BCUT2D eigenvalue weighted by Crippen LogP contribution is 2.53. The van der Waals surface area contributed by atoms with Crippen molar-refractivity contribution in [2.75, 3.05) is 43.1 Å². The van der Waals surface area contributed by atoms with Gasteiger partial charge in [-0.25, -0.2) is 4.90 Å². The molecule has 0 aromatic heterocycles. The summed E-state index contributed by atoms with van der Waals surface area (Å²) in [6, 6.07) is 10.3. The van der Waals surface area contributed by atoms with Crippen molar-refractivity contribution in [1.82, 2.24) is 4.90 Å². The van der Waals surface area contributed by atoms with Gasteiger partial charge in [0.2, 0.25) is 11.8 Å². The van der Waals surface area contributed by atoms with E-state index in [0.29, 0.717) is 43.4 Å². The molecule has 2 aliphatic carbocycles. The zero-order valence-electron chi connectivity index (χ0n) is 20.4. The Hall–Kier alpha value is -3.43. The standard InChI is InChI=1S/C27H27ClN4O5/c1-37-23-7-4-19(28)13-18(23)15-29-8-10-30(11-9-29)21-6-5-20(14-22(21)32(35)36)31-26(33)24-16-2-3-17(12-16)25(24)27(31)34/h2-7,13-14,16-17,24-25H,8-12,15H2,1H3/t16-,17-,24+,25+/m0/s1. The number of fused-ring (bicyclic) bond motifs is 5. The quantitative estimate of drug-likeness (QED) is 0.246. The van der Waals surface area contributed by atoms with Gasteiger partial charge < -0.3 is 9.64 Å². The number of nitrogens with zero attached hydrogens (tertiary/aromatic N) is 4. The first-order chi connectivity index (χ1) is 17.9. The van der Waals surface area contributed by atoms with Gasteiger partial charge in [0.15, 0.2) is 0 Å². The molecule has 0 unspecified atom stereocenters. The summed E-state index contributed by atoms with van der Waals surface area (Å²) in [5, 5.41) is 12.7. The summed E-state index contributed by atoms with van der Waals surface area (Å²) in [7, 11) is 1.63. The number of allylic oxidation sites excluding steroid dienone is 2. The Balaban J connectivity index is 1.19. The van der Waals surface area contributed by atoms with Gasteiger partial charge in [-0.3, -0.25) is 24.6 Å². The van der Waals surface area contributed by atoms with E-state index in [1.165, 1.54) is 11.0 Å². The predicted molar refractivity (Wildman–Crippen MR) is 139 cm³/mol. The number of ether oxygens (including phenoxy) is 1. The lowest BCUT2D eigenvalue weighted by Gasteiger charge is -2.36. The fourth-order valence-corrected chi connectivity index (χ4v) is 6.67. The number of hydrogen-bond donors (Lipinski definition) is 0. The first kappa shape index (κ1) is 23.9. The average molecular weight is 523 g/mol. The zero-order valence-corrected chi connectivity index (χ0v) is 21.1. The number of rotatable bonds is 6. The Kier molecular flexibility index (Phi) is 5.92. The number of nitro benzene ring substituents is 1. The highest BCUT2D eigenvalue weighted by Gasteiger charge is 2.59. The number of carbonyl (C=O) groups excluding carboxylic acids is 2. The fraction of sp³-hybridized carbons (Fsp3) is 0.407. The molecule has 6 rings (SSSR count).